The number of carbonyl (C=O) groups excluding carboxylic acids is 1. The average molecular weight is 497 g/mol. The maximum absolute atomic E-state index is 13.7. The summed E-state index contributed by atoms with van der Waals surface area (Å²) in [6, 6.07) is 16.3. The largest absolute Gasteiger partial charge is 0.289 e. The van der Waals surface area contributed by atoms with Gasteiger partial charge in [-0.2, -0.15) is 5.10 Å². The van der Waals surface area contributed by atoms with Crippen molar-refractivity contribution in [3.05, 3.63) is 89.8 Å². The van der Waals surface area contributed by atoms with E-state index in [9.17, 15) is 9.18 Å². The molecule has 8 heteroatoms. The molecule has 1 N–H and O–H groups in total. The third kappa shape index (κ3) is 4.14. The Labute approximate surface area is 214 Å². The molecule has 4 fully saturated rings. The Morgan fingerprint density at radius 1 is 0.973 bits per heavy atom. The van der Waals surface area contributed by atoms with E-state index < -0.39 is 0 Å². The minimum Gasteiger partial charge on any atom is -0.289 e. The molecule has 0 aliphatic heterocycles. The molecule has 4 bridgehead atoms. The number of hydrogen-bond donors (Lipinski definition) is 1. The first-order valence-electron chi connectivity index (χ1n) is 13.1. The molecule has 0 atom stereocenters. The van der Waals surface area contributed by atoms with Gasteiger partial charge in [-0.15, -0.1) is 5.10 Å². The SMILES string of the molecule is O=C(Nc1ncn(Cc2cccc(F)c2)n1)c1cn(-c2ccccc2)nc1C12CC3CC(CC(C3)C1)C2. The number of hydrogen-bond acceptors (Lipinski definition) is 4. The molecule has 37 heavy (non-hydrogen) atoms. The molecule has 188 valence electrons. The van der Waals surface area contributed by atoms with E-state index in [4.69, 9.17) is 5.10 Å². The minimum atomic E-state index is -0.293. The summed E-state index contributed by atoms with van der Waals surface area (Å²) in [5.74, 6) is 1.92. The van der Waals surface area contributed by atoms with E-state index in [1.165, 1.54) is 31.4 Å². The highest BCUT2D eigenvalue weighted by molar-refractivity contribution is 6.04. The van der Waals surface area contributed by atoms with Gasteiger partial charge in [0.05, 0.1) is 23.5 Å². The molecule has 0 saturated heterocycles. The number of para-hydroxylation sites is 1. The number of rotatable bonds is 6. The van der Waals surface area contributed by atoms with Crippen LogP contribution in [0, 0.1) is 23.6 Å². The van der Waals surface area contributed by atoms with Crippen molar-refractivity contribution in [2.24, 2.45) is 17.8 Å². The molecule has 2 heterocycles. The summed E-state index contributed by atoms with van der Waals surface area (Å²) in [4.78, 5) is 18.0. The molecule has 0 unspecified atom stereocenters. The van der Waals surface area contributed by atoms with Gasteiger partial charge in [0.15, 0.2) is 0 Å². The molecular formula is C29H29FN6O. The van der Waals surface area contributed by atoms with Gasteiger partial charge in [-0.3, -0.25) is 10.1 Å². The predicted octanol–water partition coefficient (Wildman–Crippen LogP) is 5.37. The van der Waals surface area contributed by atoms with Crippen LogP contribution in [-0.2, 0) is 12.0 Å². The predicted molar refractivity (Wildman–Crippen MR) is 137 cm³/mol. The number of anilines is 1. The van der Waals surface area contributed by atoms with Gasteiger partial charge in [-0.05, 0) is 86.1 Å². The molecule has 2 aromatic carbocycles. The first kappa shape index (κ1) is 22.4. The van der Waals surface area contributed by atoms with E-state index in [0.717, 1.165) is 54.0 Å². The normalized spacial score (nSPS) is 25.9. The number of carbonyl (C=O) groups is 1. The Hall–Kier alpha value is -3.81. The zero-order valence-corrected chi connectivity index (χ0v) is 20.6. The summed E-state index contributed by atoms with van der Waals surface area (Å²) in [6.45, 7) is 0.366. The van der Waals surface area contributed by atoms with Crippen LogP contribution in [0.15, 0.2) is 67.1 Å². The lowest BCUT2D eigenvalue weighted by molar-refractivity contribution is -0.00765. The maximum atomic E-state index is 13.7. The zero-order valence-electron chi connectivity index (χ0n) is 20.6. The minimum absolute atomic E-state index is 0.0361. The van der Waals surface area contributed by atoms with Crippen LogP contribution in [0.25, 0.3) is 5.69 Å². The highest BCUT2D eigenvalue weighted by Gasteiger charge is 2.54. The molecule has 0 radical (unpaired) electrons. The second-order valence-corrected chi connectivity index (χ2v) is 11.2. The van der Waals surface area contributed by atoms with Gasteiger partial charge < -0.3 is 0 Å². The van der Waals surface area contributed by atoms with Crippen LogP contribution < -0.4 is 5.32 Å². The summed E-state index contributed by atoms with van der Waals surface area (Å²) in [6.07, 6.45) is 10.7. The van der Waals surface area contributed by atoms with Crippen molar-refractivity contribution in [3.8, 4) is 5.69 Å². The first-order chi connectivity index (χ1) is 18.0. The maximum Gasteiger partial charge on any atom is 0.261 e. The monoisotopic (exact) mass is 496 g/mol. The van der Waals surface area contributed by atoms with Crippen molar-refractivity contribution >= 4 is 11.9 Å². The summed E-state index contributed by atoms with van der Waals surface area (Å²) < 4.78 is 17.0. The Morgan fingerprint density at radius 2 is 1.70 bits per heavy atom. The zero-order chi connectivity index (χ0) is 25.0. The van der Waals surface area contributed by atoms with Gasteiger partial charge in [-0.25, -0.2) is 18.7 Å². The standard InChI is InChI=1S/C29H29FN6O/c30-23-6-4-5-19(12-23)16-35-18-31-28(34-35)32-27(37)25-17-36(24-7-2-1-3-8-24)33-26(25)29-13-20-9-21(14-29)11-22(10-20)15-29/h1-8,12,17-18,20-22H,9-11,13-16H2,(H,32,34,37). The fourth-order valence-electron chi connectivity index (χ4n) is 7.46. The van der Waals surface area contributed by atoms with Gasteiger partial charge in [0, 0.05) is 11.6 Å². The molecular weight excluding hydrogens is 467 g/mol. The molecule has 7 nitrogen and oxygen atoms in total. The van der Waals surface area contributed by atoms with Gasteiger partial charge >= 0.3 is 0 Å². The van der Waals surface area contributed by atoms with Crippen LogP contribution in [0.5, 0.6) is 0 Å². The number of aromatic nitrogens is 5. The number of benzene rings is 2. The van der Waals surface area contributed by atoms with Crippen LogP contribution in [0.4, 0.5) is 10.3 Å². The van der Waals surface area contributed by atoms with Crippen molar-refractivity contribution in [2.45, 2.75) is 50.5 Å². The molecule has 4 saturated carbocycles. The smallest absolute Gasteiger partial charge is 0.261 e. The van der Waals surface area contributed by atoms with Crippen molar-refractivity contribution in [2.75, 3.05) is 5.32 Å². The first-order valence-corrected chi connectivity index (χ1v) is 13.1. The van der Waals surface area contributed by atoms with Gasteiger partial charge in [-0.1, -0.05) is 30.3 Å². The van der Waals surface area contributed by atoms with E-state index in [2.05, 4.69) is 15.4 Å². The second-order valence-electron chi connectivity index (χ2n) is 11.2. The lowest BCUT2D eigenvalue weighted by Gasteiger charge is -2.56. The molecule has 4 aliphatic rings. The van der Waals surface area contributed by atoms with Crippen molar-refractivity contribution in [1.29, 1.82) is 0 Å². The fraction of sp³-hybridized carbons (Fsp3) is 0.379. The summed E-state index contributed by atoms with van der Waals surface area (Å²) in [5, 5.41) is 12.4. The Bertz CT molecular complexity index is 1420. The number of nitrogens with zero attached hydrogens (tertiary/aromatic N) is 5. The third-order valence-electron chi connectivity index (χ3n) is 8.52. The van der Waals surface area contributed by atoms with Crippen molar-refractivity contribution in [3.63, 3.8) is 0 Å². The van der Waals surface area contributed by atoms with Crippen LogP contribution >= 0.6 is 0 Å². The third-order valence-corrected chi connectivity index (χ3v) is 8.52. The Morgan fingerprint density at radius 3 is 2.41 bits per heavy atom. The number of nitrogens with one attached hydrogen (secondary N) is 1. The summed E-state index contributed by atoms with van der Waals surface area (Å²) in [7, 11) is 0. The second kappa shape index (κ2) is 8.64. The fourth-order valence-corrected chi connectivity index (χ4v) is 7.46. The quantitative estimate of drug-likeness (QED) is 0.389. The molecule has 8 rings (SSSR count). The van der Waals surface area contributed by atoms with E-state index in [1.807, 2.05) is 47.3 Å². The average Bonchev–Trinajstić information content (AvgIpc) is 3.52. The highest BCUT2D eigenvalue weighted by atomic mass is 19.1. The van der Waals surface area contributed by atoms with Crippen LogP contribution in [0.1, 0.15) is 60.1 Å². The molecule has 4 aliphatic carbocycles. The molecule has 0 spiro atoms. The number of halogens is 1. The molecule has 1 amide bonds. The summed E-state index contributed by atoms with van der Waals surface area (Å²) >= 11 is 0. The summed E-state index contributed by atoms with van der Waals surface area (Å²) in [5.41, 5.74) is 3.20. The van der Waals surface area contributed by atoms with Crippen LogP contribution in [0.3, 0.4) is 0 Å². The van der Waals surface area contributed by atoms with E-state index >= 15 is 0 Å². The lowest BCUT2D eigenvalue weighted by Crippen LogP contribution is -2.49. The van der Waals surface area contributed by atoms with Crippen molar-refractivity contribution in [1.82, 2.24) is 24.5 Å². The molecule has 2 aromatic heterocycles. The van der Waals surface area contributed by atoms with Crippen molar-refractivity contribution < 1.29 is 9.18 Å². The van der Waals surface area contributed by atoms with E-state index in [1.54, 1.807) is 17.1 Å². The Kier molecular flexibility index (Phi) is 5.23. The number of amides is 1. The lowest BCUT2D eigenvalue weighted by atomic mass is 9.48. The highest BCUT2D eigenvalue weighted by Crippen LogP contribution is 2.60. The molecule has 4 aromatic rings. The van der Waals surface area contributed by atoms with E-state index in [-0.39, 0.29) is 23.1 Å². The topological polar surface area (TPSA) is 77.6 Å². The van der Waals surface area contributed by atoms with Crippen LogP contribution in [-0.4, -0.2) is 30.5 Å². The van der Waals surface area contributed by atoms with Gasteiger partial charge in [0.1, 0.15) is 12.1 Å². The van der Waals surface area contributed by atoms with Crippen LogP contribution in [0.2, 0.25) is 0 Å². The van der Waals surface area contributed by atoms with E-state index in [0.29, 0.717) is 12.1 Å². The van der Waals surface area contributed by atoms with Gasteiger partial charge in [0.2, 0.25) is 5.95 Å². The van der Waals surface area contributed by atoms with Gasteiger partial charge in [0.25, 0.3) is 5.91 Å². The Balaban J connectivity index is 1.19.